The first-order chi connectivity index (χ1) is 6.79. The third-order valence-electron chi connectivity index (χ3n) is 1.67. The molecule has 0 saturated heterocycles. The molecule has 0 spiro atoms. The standard InChI is InChI=1S/C11H14ClNO2/c1-7-8(5-6-9(12)13-7)10(14)15-11(2,3)4/h5-6H,1-4H3. The minimum absolute atomic E-state index is 0.371. The molecule has 0 fully saturated rings. The van der Waals surface area contributed by atoms with E-state index in [9.17, 15) is 4.79 Å². The van der Waals surface area contributed by atoms with Crippen molar-refractivity contribution in [2.75, 3.05) is 0 Å². The van der Waals surface area contributed by atoms with Gasteiger partial charge in [-0.2, -0.15) is 0 Å². The van der Waals surface area contributed by atoms with Crippen LogP contribution in [0.5, 0.6) is 0 Å². The summed E-state index contributed by atoms with van der Waals surface area (Å²) in [6, 6.07) is 3.20. The second-order valence-electron chi connectivity index (χ2n) is 4.27. The van der Waals surface area contributed by atoms with Gasteiger partial charge in [0.1, 0.15) is 10.8 Å². The van der Waals surface area contributed by atoms with E-state index in [1.165, 1.54) is 0 Å². The fourth-order valence-corrected chi connectivity index (χ4v) is 1.27. The third-order valence-corrected chi connectivity index (χ3v) is 1.88. The van der Waals surface area contributed by atoms with Gasteiger partial charge in [-0.3, -0.25) is 0 Å². The van der Waals surface area contributed by atoms with Crippen molar-refractivity contribution in [3.63, 3.8) is 0 Å². The molecule has 0 aromatic carbocycles. The van der Waals surface area contributed by atoms with E-state index in [-0.39, 0.29) is 5.97 Å². The molecule has 82 valence electrons. The molecule has 0 atom stereocenters. The molecule has 15 heavy (non-hydrogen) atoms. The van der Waals surface area contributed by atoms with E-state index in [0.717, 1.165) is 0 Å². The quantitative estimate of drug-likeness (QED) is 0.547. The van der Waals surface area contributed by atoms with Crippen LogP contribution in [0.1, 0.15) is 36.8 Å². The van der Waals surface area contributed by atoms with E-state index in [4.69, 9.17) is 16.3 Å². The van der Waals surface area contributed by atoms with Crippen LogP contribution in [0.3, 0.4) is 0 Å². The van der Waals surface area contributed by atoms with Gasteiger partial charge in [-0.15, -0.1) is 0 Å². The molecule has 0 bridgehead atoms. The van der Waals surface area contributed by atoms with Crippen LogP contribution in [0.15, 0.2) is 12.1 Å². The van der Waals surface area contributed by atoms with Crippen LogP contribution in [0.25, 0.3) is 0 Å². The molecule has 0 saturated carbocycles. The van der Waals surface area contributed by atoms with Crippen molar-refractivity contribution in [1.29, 1.82) is 0 Å². The van der Waals surface area contributed by atoms with E-state index in [0.29, 0.717) is 16.4 Å². The summed E-state index contributed by atoms with van der Waals surface area (Å²) in [6.45, 7) is 7.20. The number of esters is 1. The Morgan fingerprint density at radius 1 is 1.40 bits per heavy atom. The first-order valence-electron chi connectivity index (χ1n) is 4.66. The number of hydrogen-bond acceptors (Lipinski definition) is 3. The summed E-state index contributed by atoms with van der Waals surface area (Å²) >= 11 is 5.69. The molecule has 1 aromatic rings. The highest BCUT2D eigenvalue weighted by Gasteiger charge is 2.19. The van der Waals surface area contributed by atoms with E-state index in [1.807, 2.05) is 20.8 Å². The molecule has 0 aliphatic rings. The first-order valence-corrected chi connectivity index (χ1v) is 5.04. The van der Waals surface area contributed by atoms with Gasteiger partial charge < -0.3 is 4.74 Å². The van der Waals surface area contributed by atoms with Gasteiger partial charge in [0.05, 0.1) is 11.3 Å². The monoisotopic (exact) mass is 227 g/mol. The number of carbonyl (C=O) groups excluding carboxylic acids is 1. The first kappa shape index (κ1) is 12.0. The lowest BCUT2D eigenvalue weighted by molar-refractivity contribution is 0.00683. The number of ether oxygens (including phenoxy) is 1. The van der Waals surface area contributed by atoms with E-state index in [1.54, 1.807) is 19.1 Å². The number of pyridine rings is 1. The number of hydrogen-bond donors (Lipinski definition) is 0. The second-order valence-corrected chi connectivity index (χ2v) is 4.66. The molecule has 0 aliphatic heterocycles. The average molecular weight is 228 g/mol. The van der Waals surface area contributed by atoms with Crippen molar-refractivity contribution in [3.05, 3.63) is 28.5 Å². The molecule has 0 N–H and O–H groups in total. The second kappa shape index (κ2) is 4.19. The SMILES string of the molecule is Cc1nc(Cl)ccc1C(=O)OC(C)(C)C. The molecule has 1 aromatic heterocycles. The molecular weight excluding hydrogens is 214 g/mol. The summed E-state index contributed by atoms with van der Waals surface area (Å²) in [7, 11) is 0. The van der Waals surface area contributed by atoms with E-state index in [2.05, 4.69) is 4.98 Å². The Bertz CT molecular complexity index is 383. The Labute approximate surface area is 94.4 Å². The number of carbonyl (C=O) groups is 1. The summed E-state index contributed by atoms with van der Waals surface area (Å²) in [5, 5.41) is 0.375. The lowest BCUT2D eigenvalue weighted by Gasteiger charge is -2.19. The van der Waals surface area contributed by atoms with Crippen molar-refractivity contribution in [1.82, 2.24) is 4.98 Å². The predicted octanol–water partition coefficient (Wildman–Crippen LogP) is 3.00. The van der Waals surface area contributed by atoms with Crippen LogP contribution in [-0.2, 0) is 4.74 Å². The smallest absolute Gasteiger partial charge is 0.340 e. The van der Waals surface area contributed by atoms with E-state index < -0.39 is 5.60 Å². The normalized spacial score (nSPS) is 11.3. The highest BCUT2D eigenvalue weighted by molar-refractivity contribution is 6.29. The molecule has 1 rings (SSSR count). The third kappa shape index (κ3) is 3.51. The fraction of sp³-hybridized carbons (Fsp3) is 0.455. The average Bonchev–Trinajstić information content (AvgIpc) is 1.99. The Kier molecular flexibility index (Phi) is 3.35. The topological polar surface area (TPSA) is 39.2 Å². The number of rotatable bonds is 1. The highest BCUT2D eigenvalue weighted by Crippen LogP contribution is 2.15. The van der Waals surface area contributed by atoms with Crippen molar-refractivity contribution in [2.24, 2.45) is 0 Å². The van der Waals surface area contributed by atoms with Crippen LogP contribution >= 0.6 is 11.6 Å². The maximum absolute atomic E-state index is 11.7. The van der Waals surface area contributed by atoms with Crippen molar-refractivity contribution in [2.45, 2.75) is 33.3 Å². The minimum atomic E-state index is -0.497. The van der Waals surface area contributed by atoms with Gasteiger partial charge >= 0.3 is 5.97 Å². The number of halogens is 1. The molecule has 0 radical (unpaired) electrons. The number of aryl methyl sites for hydroxylation is 1. The van der Waals surface area contributed by atoms with Crippen molar-refractivity contribution in [3.8, 4) is 0 Å². The predicted molar refractivity (Wildman–Crippen MR) is 59.2 cm³/mol. The summed E-state index contributed by atoms with van der Waals surface area (Å²) in [5.74, 6) is -0.371. The largest absolute Gasteiger partial charge is 0.456 e. The molecule has 1 heterocycles. The zero-order valence-corrected chi connectivity index (χ0v) is 10.1. The van der Waals surface area contributed by atoms with Gasteiger partial charge in [-0.25, -0.2) is 9.78 Å². The Morgan fingerprint density at radius 2 is 2.00 bits per heavy atom. The molecule has 0 amide bonds. The Balaban J connectivity index is 2.92. The number of aromatic nitrogens is 1. The number of nitrogens with zero attached hydrogens (tertiary/aromatic N) is 1. The maximum atomic E-state index is 11.7. The van der Waals surface area contributed by atoms with Gasteiger partial charge in [0.2, 0.25) is 0 Å². The molecule has 3 nitrogen and oxygen atoms in total. The Morgan fingerprint density at radius 3 is 2.47 bits per heavy atom. The highest BCUT2D eigenvalue weighted by atomic mass is 35.5. The van der Waals surface area contributed by atoms with Gasteiger partial charge in [-0.05, 0) is 39.8 Å². The van der Waals surface area contributed by atoms with Gasteiger partial charge in [0.25, 0.3) is 0 Å². The Hall–Kier alpha value is -1.09. The zero-order chi connectivity index (χ0) is 11.6. The minimum Gasteiger partial charge on any atom is -0.456 e. The van der Waals surface area contributed by atoms with Crippen LogP contribution < -0.4 is 0 Å². The summed E-state index contributed by atoms with van der Waals surface area (Å²) in [5.41, 5.74) is 0.537. The lowest BCUT2D eigenvalue weighted by atomic mass is 10.1. The van der Waals surface area contributed by atoms with Gasteiger partial charge in [0, 0.05) is 0 Å². The van der Waals surface area contributed by atoms with Crippen molar-refractivity contribution >= 4 is 17.6 Å². The molecule has 0 unspecified atom stereocenters. The molecular formula is C11H14ClNO2. The van der Waals surface area contributed by atoms with Crippen LogP contribution in [0.2, 0.25) is 5.15 Å². The van der Waals surface area contributed by atoms with Gasteiger partial charge in [-0.1, -0.05) is 11.6 Å². The summed E-state index contributed by atoms with van der Waals surface area (Å²) in [4.78, 5) is 15.7. The summed E-state index contributed by atoms with van der Waals surface area (Å²) < 4.78 is 5.22. The lowest BCUT2D eigenvalue weighted by Crippen LogP contribution is -2.24. The zero-order valence-electron chi connectivity index (χ0n) is 9.30. The van der Waals surface area contributed by atoms with Crippen LogP contribution in [0.4, 0.5) is 0 Å². The molecule has 0 aliphatic carbocycles. The van der Waals surface area contributed by atoms with Crippen LogP contribution in [0, 0.1) is 6.92 Å². The van der Waals surface area contributed by atoms with Gasteiger partial charge in [0.15, 0.2) is 0 Å². The molecule has 4 heteroatoms. The van der Waals surface area contributed by atoms with E-state index >= 15 is 0 Å². The summed E-state index contributed by atoms with van der Waals surface area (Å²) in [6.07, 6.45) is 0. The fourth-order valence-electron chi connectivity index (χ4n) is 1.08. The van der Waals surface area contributed by atoms with Crippen molar-refractivity contribution < 1.29 is 9.53 Å². The van der Waals surface area contributed by atoms with Crippen LogP contribution in [-0.4, -0.2) is 16.6 Å². The maximum Gasteiger partial charge on any atom is 0.340 e.